The molecule has 0 radical (unpaired) electrons. The first kappa shape index (κ1) is 16.0. The average Bonchev–Trinajstić information content (AvgIpc) is 2.48. The molecule has 114 valence electrons. The second-order valence-corrected chi connectivity index (χ2v) is 6.10. The Morgan fingerprint density at radius 3 is 2.90 bits per heavy atom. The predicted octanol–water partition coefficient (Wildman–Crippen LogP) is 3.87. The SMILES string of the molecule is CC(C)c1ncc(Cl)c(C(=O)NCCC2=CCCCC2)n1. The van der Waals surface area contributed by atoms with Gasteiger partial charge in [-0.05, 0) is 32.1 Å². The number of hydrogen-bond donors (Lipinski definition) is 1. The van der Waals surface area contributed by atoms with Crippen molar-refractivity contribution >= 4 is 17.5 Å². The van der Waals surface area contributed by atoms with Crippen LogP contribution in [-0.4, -0.2) is 22.4 Å². The van der Waals surface area contributed by atoms with Gasteiger partial charge in [-0.3, -0.25) is 4.79 Å². The maximum absolute atomic E-state index is 12.2. The highest BCUT2D eigenvalue weighted by Crippen LogP contribution is 2.20. The number of nitrogens with zero attached hydrogens (tertiary/aromatic N) is 2. The molecule has 2 rings (SSSR count). The number of amides is 1. The van der Waals surface area contributed by atoms with E-state index in [1.807, 2.05) is 13.8 Å². The summed E-state index contributed by atoms with van der Waals surface area (Å²) < 4.78 is 0. The second-order valence-electron chi connectivity index (χ2n) is 5.69. The summed E-state index contributed by atoms with van der Waals surface area (Å²) in [6.07, 6.45) is 9.57. The van der Waals surface area contributed by atoms with Crippen LogP contribution in [0.15, 0.2) is 17.8 Å². The Morgan fingerprint density at radius 2 is 2.24 bits per heavy atom. The molecule has 0 aromatic carbocycles. The molecular weight excluding hydrogens is 286 g/mol. The van der Waals surface area contributed by atoms with E-state index in [4.69, 9.17) is 11.6 Å². The molecule has 1 aromatic rings. The maximum atomic E-state index is 12.2. The van der Waals surface area contributed by atoms with Gasteiger partial charge in [0.2, 0.25) is 0 Å². The normalized spacial score (nSPS) is 15.0. The van der Waals surface area contributed by atoms with E-state index in [1.165, 1.54) is 31.0 Å². The summed E-state index contributed by atoms with van der Waals surface area (Å²) in [6, 6.07) is 0. The summed E-state index contributed by atoms with van der Waals surface area (Å²) in [6.45, 7) is 4.60. The second kappa shape index (κ2) is 7.55. The van der Waals surface area contributed by atoms with Gasteiger partial charge >= 0.3 is 0 Å². The van der Waals surface area contributed by atoms with Crippen molar-refractivity contribution in [3.8, 4) is 0 Å². The van der Waals surface area contributed by atoms with Gasteiger partial charge in [0.25, 0.3) is 5.91 Å². The molecule has 4 nitrogen and oxygen atoms in total. The number of allylic oxidation sites excluding steroid dienone is 1. The van der Waals surface area contributed by atoms with Crippen LogP contribution in [0.5, 0.6) is 0 Å². The highest BCUT2D eigenvalue weighted by atomic mass is 35.5. The van der Waals surface area contributed by atoms with Crippen molar-refractivity contribution in [1.29, 1.82) is 0 Å². The topological polar surface area (TPSA) is 54.9 Å². The number of carbonyl (C=O) groups excluding carboxylic acids is 1. The molecule has 5 heteroatoms. The van der Waals surface area contributed by atoms with Crippen LogP contribution in [0.3, 0.4) is 0 Å². The molecule has 0 aliphatic heterocycles. The molecule has 1 heterocycles. The first-order chi connectivity index (χ1) is 10.1. The van der Waals surface area contributed by atoms with E-state index in [0.717, 1.165) is 12.8 Å². The zero-order valence-electron chi connectivity index (χ0n) is 12.7. The summed E-state index contributed by atoms with van der Waals surface area (Å²) in [5, 5.41) is 3.20. The van der Waals surface area contributed by atoms with Crippen molar-refractivity contribution in [3.63, 3.8) is 0 Å². The molecule has 0 bridgehead atoms. The molecule has 1 amide bonds. The lowest BCUT2D eigenvalue weighted by molar-refractivity contribution is 0.0948. The third-order valence-electron chi connectivity index (χ3n) is 3.61. The molecule has 1 aromatic heterocycles. The van der Waals surface area contributed by atoms with Gasteiger partial charge in [-0.15, -0.1) is 0 Å². The molecule has 1 aliphatic rings. The number of rotatable bonds is 5. The number of hydrogen-bond acceptors (Lipinski definition) is 3. The number of aromatic nitrogens is 2. The third-order valence-corrected chi connectivity index (χ3v) is 3.89. The molecule has 21 heavy (non-hydrogen) atoms. The van der Waals surface area contributed by atoms with Gasteiger partial charge in [0, 0.05) is 12.5 Å². The fraction of sp³-hybridized carbons (Fsp3) is 0.562. The molecule has 0 saturated heterocycles. The Morgan fingerprint density at radius 1 is 1.43 bits per heavy atom. The zero-order valence-corrected chi connectivity index (χ0v) is 13.4. The first-order valence-corrected chi connectivity index (χ1v) is 7.94. The van der Waals surface area contributed by atoms with Gasteiger partial charge < -0.3 is 5.32 Å². The van der Waals surface area contributed by atoms with E-state index < -0.39 is 0 Å². The quantitative estimate of drug-likeness (QED) is 0.840. The van der Waals surface area contributed by atoms with Crippen molar-refractivity contribution in [2.24, 2.45) is 0 Å². The van der Waals surface area contributed by atoms with Crippen LogP contribution >= 0.6 is 11.6 Å². The standard InChI is InChI=1S/C16H22ClN3O/c1-11(2)15-19-10-13(17)14(20-15)16(21)18-9-8-12-6-4-3-5-7-12/h6,10-11H,3-5,7-9H2,1-2H3,(H,18,21). The van der Waals surface area contributed by atoms with Gasteiger partial charge in [0.05, 0.1) is 11.2 Å². The average molecular weight is 308 g/mol. The van der Waals surface area contributed by atoms with Gasteiger partial charge in [0.1, 0.15) is 11.5 Å². The van der Waals surface area contributed by atoms with Gasteiger partial charge in [0.15, 0.2) is 0 Å². The van der Waals surface area contributed by atoms with Crippen molar-refractivity contribution in [1.82, 2.24) is 15.3 Å². The van der Waals surface area contributed by atoms with Crippen molar-refractivity contribution < 1.29 is 4.79 Å². The van der Waals surface area contributed by atoms with E-state index in [2.05, 4.69) is 21.4 Å². The Kier molecular flexibility index (Phi) is 5.74. The summed E-state index contributed by atoms with van der Waals surface area (Å²) in [5.74, 6) is 0.585. The Labute approximate surface area is 131 Å². The zero-order chi connectivity index (χ0) is 15.2. The van der Waals surface area contributed by atoms with Crippen molar-refractivity contribution in [2.45, 2.75) is 51.9 Å². The number of carbonyl (C=O) groups is 1. The minimum absolute atomic E-state index is 0.168. The number of nitrogens with one attached hydrogen (secondary N) is 1. The van der Waals surface area contributed by atoms with Crippen LogP contribution in [0, 0.1) is 0 Å². The fourth-order valence-corrected chi connectivity index (χ4v) is 2.55. The van der Waals surface area contributed by atoms with Gasteiger partial charge in [-0.1, -0.05) is 37.1 Å². The van der Waals surface area contributed by atoms with E-state index >= 15 is 0 Å². The minimum atomic E-state index is -0.222. The molecule has 0 atom stereocenters. The molecule has 1 aliphatic carbocycles. The molecule has 1 N–H and O–H groups in total. The van der Waals surface area contributed by atoms with Crippen LogP contribution in [0.25, 0.3) is 0 Å². The van der Waals surface area contributed by atoms with Crippen molar-refractivity contribution in [3.05, 3.63) is 34.4 Å². The molecule has 0 unspecified atom stereocenters. The highest BCUT2D eigenvalue weighted by Gasteiger charge is 2.15. The van der Waals surface area contributed by atoms with E-state index in [1.54, 1.807) is 0 Å². The van der Waals surface area contributed by atoms with E-state index in [0.29, 0.717) is 17.4 Å². The minimum Gasteiger partial charge on any atom is -0.350 e. The van der Waals surface area contributed by atoms with Crippen LogP contribution in [0.1, 0.15) is 68.2 Å². The van der Waals surface area contributed by atoms with Crippen LogP contribution in [0.4, 0.5) is 0 Å². The Hall–Kier alpha value is -1.42. The summed E-state index contributed by atoms with van der Waals surface area (Å²) in [4.78, 5) is 20.6. The smallest absolute Gasteiger partial charge is 0.271 e. The van der Waals surface area contributed by atoms with Gasteiger partial charge in [-0.25, -0.2) is 9.97 Å². The van der Waals surface area contributed by atoms with Crippen molar-refractivity contribution in [2.75, 3.05) is 6.54 Å². The molecule has 0 fully saturated rings. The summed E-state index contributed by atoms with van der Waals surface area (Å²) >= 11 is 6.03. The van der Waals surface area contributed by atoms with Crippen LogP contribution in [-0.2, 0) is 0 Å². The van der Waals surface area contributed by atoms with E-state index in [-0.39, 0.29) is 17.5 Å². The lowest BCUT2D eigenvalue weighted by atomic mass is 9.97. The molecular formula is C16H22ClN3O. The molecule has 0 spiro atoms. The first-order valence-electron chi connectivity index (χ1n) is 7.56. The number of halogens is 1. The van der Waals surface area contributed by atoms with E-state index in [9.17, 15) is 4.79 Å². The largest absolute Gasteiger partial charge is 0.350 e. The summed E-state index contributed by atoms with van der Waals surface area (Å²) in [5.41, 5.74) is 1.71. The fourth-order valence-electron chi connectivity index (χ4n) is 2.37. The Balaban J connectivity index is 1.93. The summed E-state index contributed by atoms with van der Waals surface area (Å²) in [7, 11) is 0. The predicted molar refractivity (Wildman–Crippen MR) is 84.6 cm³/mol. The highest BCUT2D eigenvalue weighted by molar-refractivity contribution is 6.33. The third kappa shape index (κ3) is 4.53. The van der Waals surface area contributed by atoms with Gasteiger partial charge in [-0.2, -0.15) is 0 Å². The monoisotopic (exact) mass is 307 g/mol. The lowest BCUT2D eigenvalue weighted by Crippen LogP contribution is -2.26. The lowest BCUT2D eigenvalue weighted by Gasteiger charge is -2.13. The van der Waals surface area contributed by atoms with Crippen LogP contribution < -0.4 is 5.32 Å². The van der Waals surface area contributed by atoms with Crippen LogP contribution in [0.2, 0.25) is 5.02 Å². The molecule has 0 saturated carbocycles. The maximum Gasteiger partial charge on any atom is 0.271 e. The Bertz CT molecular complexity index is 540.